The molecule has 0 N–H and O–H groups in total. The molecule has 94 valence electrons. The molecule has 3 aromatic rings. The molecule has 1 aromatic heterocycles. The second kappa shape index (κ2) is 5.29. The summed E-state index contributed by atoms with van der Waals surface area (Å²) < 4.78 is 5.77. The maximum Gasteiger partial charge on any atom is 0.138 e. The Morgan fingerprint density at radius 2 is 1.74 bits per heavy atom. The lowest BCUT2D eigenvalue weighted by molar-refractivity contribution is 0.308. The number of rotatable bonds is 3. The molecule has 0 atom stereocenters. The maximum atomic E-state index is 6.07. The highest BCUT2D eigenvalue weighted by molar-refractivity contribution is 6.32. The Morgan fingerprint density at radius 3 is 2.63 bits per heavy atom. The minimum Gasteiger partial charge on any atom is -0.487 e. The van der Waals surface area contributed by atoms with Gasteiger partial charge in [-0.25, -0.2) is 0 Å². The third-order valence-corrected chi connectivity index (χ3v) is 3.27. The number of hydrogen-bond donors (Lipinski definition) is 0. The standard InChI is InChI=1S/C16H12ClNO/c17-14-6-2-4-8-16(14)19-11-12-9-10-18-15-7-3-1-5-13(12)15/h1-10H,11H2. The third-order valence-electron chi connectivity index (χ3n) is 2.96. The van der Waals surface area contributed by atoms with Crippen LogP contribution in [0.4, 0.5) is 0 Å². The van der Waals surface area contributed by atoms with Gasteiger partial charge in [0.2, 0.25) is 0 Å². The van der Waals surface area contributed by atoms with Crippen molar-refractivity contribution in [3.63, 3.8) is 0 Å². The van der Waals surface area contributed by atoms with Crippen LogP contribution in [0.3, 0.4) is 0 Å². The van der Waals surface area contributed by atoms with E-state index in [1.807, 2.05) is 54.6 Å². The van der Waals surface area contributed by atoms with E-state index in [0.29, 0.717) is 17.4 Å². The quantitative estimate of drug-likeness (QED) is 0.700. The molecule has 0 unspecified atom stereocenters. The molecule has 1 heterocycles. The van der Waals surface area contributed by atoms with Crippen LogP contribution in [0.15, 0.2) is 60.8 Å². The van der Waals surface area contributed by atoms with Gasteiger partial charge in [-0.05, 0) is 24.3 Å². The largest absolute Gasteiger partial charge is 0.487 e. The zero-order valence-corrected chi connectivity index (χ0v) is 11.0. The van der Waals surface area contributed by atoms with Gasteiger partial charge in [-0.2, -0.15) is 0 Å². The van der Waals surface area contributed by atoms with Crippen molar-refractivity contribution in [1.29, 1.82) is 0 Å². The molecule has 2 aromatic carbocycles. The Morgan fingerprint density at radius 1 is 0.947 bits per heavy atom. The molecule has 0 radical (unpaired) electrons. The first-order valence-corrected chi connectivity index (χ1v) is 6.42. The molecule has 0 bridgehead atoms. The Bertz CT molecular complexity index is 706. The van der Waals surface area contributed by atoms with Crippen molar-refractivity contribution >= 4 is 22.5 Å². The van der Waals surface area contributed by atoms with Crippen molar-refractivity contribution < 1.29 is 4.74 Å². The van der Waals surface area contributed by atoms with E-state index in [1.165, 1.54) is 0 Å². The van der Waals surface area contributed by atoms with Crippen LogP contribution in [0.5, 0.6) is 5.75 Å². The monoisotopic (exact) mass is 269 g/mol. The van der Waals surface area contributed by atoms with Crippen LogP contribution in [0.25, 0.3) is 10.9 Å². The number of pyridine rings is 1. The SMILES string of the molecule is Clc1ccccc1OCc1ccnc2ccccc12. The first-order valence-electron chi connectivity index (χ1n) is 6.04. The minimum atomic E-state index is 0.479. The van der Waals surface area contributed by atoms with Crippen LogP contribution in [0, 0.1) is 0 Å². The Balaban J connectivity index is 1.88. The summed E-state index contributed by atoms with van der Waals surface area (Å²) in [5.74, 6) is 0.699. The maximum absolute atomic E-state index is 6.07. The number of benzene rings is 2. The summed E-state index contributed by atoms with van der Waals surface area (Å²) in [4.78, 5) is 4.33. The lowest BCUT2D eigenvalue weighted by Crippen LogP contribution is -1.97. The van der Waals surface area contributed by atoms with E-state index in [1.54, 1.807) is 6.20 Å². The second-order valence-corrected chi connectivity index (χ2v) is 4.61. The van der Waals surface area contributed by atoms with Crippen molar-refractivity contribution in [2.75, 3.05) is 0 Å². The minimum absolute atomic E-state index is 0.479. The molecular formula is C16H12ClNO. The highest BCUT2D eigenvalue weighted by Gasteiger charge is 2.04. The van der Waals surface area contributed by atoms with Crippen molar-refractivity contribution in [2.45, 2.75) is 6.61 Å². The van der Waals surface area contributed by atoms with E-state index in [9.17, 15) is 0 Å². The lowest BCUT2D eigenvalue weighted by atomic mass is 10.1. The molecule has 19 heavy (non-hydrogen) atoms. The molecule has 0 saturated carbocycles. The van der Waals surface area contributed by atoms with Crippen molar-refractivity contribution in [3.05, 3.63) is 71.4 Å². The van der Waals surface area contributed by atoms with E-state index in [-0.39, 0.29) is 0 Å². The van der Waals surface area contributed by atoms with E-state index in [4.69, 9.17) is 16.3 Å². The highest BCUT2D eigenvalue weighted by Crippen LogP contribution is 2.25. The van der Waals surface area contributed by atoms with Gasteiger partial charge in [-0.15, -0.1) is 0 Å². The molecule has 3 rings (SSSR count). The molecule has 0 aliphatic heterocycles. The van der Waals surface area contributed by atoms with Gasteiger partial charge in [-0.3, -0.25) is 4.98 Å². The van der Waals surface area contributed by atoms with Crippen molar-refractivity contribution in [3.8, 4) is 5.75 Å². The summed E-state index contributed by atoms with van der Waals surface area (Å²) in [6.07, 6.45) is 1.80. The van der Waals surface area contributed by atoms with Crippen molar-refractivity contribution in [2.24, 2.45) is 0 Å². The number of halogens is 1. The van der Waals surface area contributed by atoms with Crippen LogP contribution in [0.2, 0.25) is 5.02 Å². The first-order chi connectivity index (χ1) is 9.34. The van der Waals surface area contributed by atoms with E-state index < -0.39 is 0 Å². The number of ether oxygens (including phenoxy) is 1. The number of aromatic nitrogens is 1. The predicted octanol–water partition coefficient (Wildman–Crippen LogP) is 4.47. The van der Waals surface area contributed by atoms with Crippen LogP contribution >= 0.6 is 11.6 Å². The molecule has 0 aliphatic rings. The Hall–Kier alpha value is -2.06. The van der Waals surface area contributed by atoms with Crippen molar-refractivity contribution in [1.82, 2.24) is 4.98 Å². The molecule has 2 nitrogen and oxygen atoms in total. The third kappa shape index (κ3) is 2.54. The second-order valence-electron chi connectivity index (χ2n) is 4.21. The van der Waals surface area contributed by atoms with E-state index >= 15 is 0 Å². The molecular weight excluding hydrogens is 258 g/mol. The molecule has 0 spiro atoms. The van der Waals surface area contributed by atoms with Gasteiger partial charge in [-0.1, -0.05) is 41.9 Å². The summed E-state index contributed by atoms with van der Waals surface area (Å²) in [6, 6.07) is 17.5. The topological polar surface area (TPSA) is 22.1 Å². The Labute approximate surface area is 116 Å². The molecule has 0 amide bonds. The fraction of sp³-hybridized carbons (Fsp3) is 0.0625. The zero-order valence-electron chi connectivity index (χ0n) is 10.2. The summed E-state index contributed by atoms with van der Waals surface area (Å²) in [5, 5.41) is 1.73. The first kappa shape index (κ1) is 12.0. The lowest BCUT2D eigenvalue weighted by Gasteiger charge is -2.09. The average molecular weight is 270 g/mol. The van der Waals surface area contributed by atoms with E-state index in [2.05, 4.69) is 4.98 Å². The van der Waals surface area contributed by atoms with Gasteiger partial charge < -0.3 is 4.74 Å². The zero-order chi connectivity index (χ0) is 13.1. The average Bonchev–Trinajstić information content (AvgIpc) is 2.46. The Kier molecular flexibility index (Phi) is 3.34. The fourth-order valence-electron chi connectivity index (χ4n) is 2.00. The summed E-state index contributed by atoms with van der Waals surface area (Å²) >= 11 is 6.07. The molecule has 3 heteroatoms. The smallest absolute Gasteiger partial charge is 0.138 e. The summed E-state index contributed by atoms with van der Waals surface area (Å²) in [5.41, 5.74) is 2.08. The van der Waals surface area contributed by atoms with Gasteiger partial charge in [0.05, 0.1) is 10.5 Å². The molecule has 0 aliphatic carbocycles. The van der Waals surface area contributed by atoms with Crippen LogP contribution in [-0.4, -0.2) is 4.98 Å². The van der Waals surface area contributed by atoms with Gasteiger partial charge in [0.15, 0.2) is 0 Å². The van der Waals surface area contributed by atoms with Gasteiger partial charge >= 0.3 is 0 Å². The highest BCUT2D eigenvalue weighted by atomic mass is 35.5. The fourth-order valence-corrected chi connectivity index (χ4v) is 2.19. The molecule has 0 saturated heterocycles. The number of hydrogen-bond acceptors (Lipinski definition) is 2. The molecule has 0 fully saturated rings. The van der Waals surface area contributed by atoms with Crippen LogP contribution in [-0.2, 0) is 6.61 Å². The number of fused-ring (bicyclic) bond motifs is 1. The number of para-hydroxylation sites is 2. The van der Waals surface area contributed by atoms with Gasteiger partial charge in [0.1, 0.15) is 12.4 Å². The van der Waals surface area contributed by atoms with Crippen LogP contribution in [0.1, 0.15) is 5.56 Å². The van der Waals surface area contributed by atoms with Gasteiger partial charge in [0.25, 0.3) is 0 Å². The van der Waals surface area contributed by atoms with Gasteiger partial charge in [0, 0.05) is 17.1 Å². The normalized spacial score (nSPS) is 10.6. The number of nitrogens with zero attached hydrogens (tertiary/aromatic N) is 1. The predicted molar refractivity (Wildman–Crippen MR) is 77.5 cm³/mol. The summed E-state index contributed by atoms with van der Waals surface area (Å²) in [6.45, 7) is 0.479. The van der Waals surface area contributed by atoms with E-state index in [0.717, 1.165) is 16.5 Å². The summed E-state index contributed by atoms with van der Waals surface area (Å²) in [7, 11) is 0. The van der Waals surface area contributed by atoms with Crippen LogP contribution < -0.4 is 4.74 Å².